The number of hydrogen-bond acceptors (Lipinski definition) is 6. The van der Waals surface area contributed by atoms with Gasteiger partial charge in [-0.05, 0) is 25.7 Å². The summed E-state index contributed by atoms with van der Waals surface area (Å²) in [6.07, 6.45) is -2.17. The first-order valence-electron chi connectivity index (χ1n) is 7.33. The van der Waals surface area contributed by atoms with Crippen LogP contribution >= 0.6 is 0 Å². The van der Waals surface area contributed by atoms with Gasteiger partial charge >= 0.3 is 6.18 Å². The maximum atomic E-state index is 12.4. The molecular weight excluding hydrogens is 303 g/mol. The second kappa shape index (κ2) is 5.78. The van der Waals surface area contributed by atoms with Gasteiger partial charge in [0.1, 0.15) is 0 Å². The van der Waals surface area contributed by atoms with Crippen molar-refractivity contribution in [1.29, 1.82) is 0 Å². The van der Waals surface area contributed by atoms with Crippen molar-refractivity contribution in [2.45, 2.75) is 50.1 Å². The standard InChI is InChI=1S/C13H18F3N3O3/c14-13(15,16)11-17-10(22-18-11)8-19-5-3-12(4-6-19)9(20)2-1-7-21-12/h9,20H,1-8H2. The highest BCUT2D eigenvalue weighted by Crippen LogP contribution is 2.35. The molecule has 9 heteroatoms. The van der Waals surface area contributed by atoms with Crippen LogP contribution in [0.15, 0.2) is 4.52 Å². The van der Waals surface area contributed by atoms with Gasteiger partial charge in [0.05, 0.1) is 18.2 Å². The SMILES string of the molecule is OC1CCCOC12CCN(Cc1nc(C(F)(F)F)no1)CC2. The second-order valence-electron chi connectivity index (χ2n) is 5.86. The highest BCUT2D eigenvalue weighted by atomic mass is 19.4. The van der Waals surface area contributed by atoms with E-state index in [1.54, 1.807) is 0 Å². The van der Waals surface area contributed by atoms with Crippen LogP contribution in [0.1, 0.15) is 37.4 Å². The smallest absolute Gasteiger partial charge is 0.390 e. The molecule has 0 radical (unpaired) electrons. The summed E-state index contributed by atoms with van der Waals surface area (Å²) in [5.41, 5.74) is -0.499. The molecule has 3 rings (SSSR count). The monoisotopic (exact) mass is 321 g/mol. The molecule has 0 saturated carbocycles. The lowest BCUT2D eigenvalue weighted by molar-refractivity contribution is -0.177. The third-order valence-corrected chi connectivity index (χ3v) is 4.40. The van der Waals surface area contributed by atoms with Crippen LogP contribution in [0.2, 0.25) is 0 Å². The molecule has 2 aliphatic rings. The molecule has 0 aromatic carbocycles. The normalized spacial score (nSPS) is 26.5. The molecular formula is C13H18F3N3O3. The lowest BCUT2D eigenvalue weighted by atomic mass is 9.82. The summed E-state index contributed by atoms with van der Waals surface area (Å²) in [4.78, 5) is 5.30. The van der Waals surface area contributed by atoms with E-state index in [1.165, 1.54) is 0 Å². The van der Waals surface area contributed by atoms with E-state index in [1.807, 2.05) is 4.90 Å². The molecule has 1 unspecified atom stereocenters. The zero-order chi connectivity index (χ0) is 15.8. The molecule has 0 bridgehead atoms. The van der Waals surface area contributed by atoms with Crippen molar-refractivity contribution in [3.05, 3.63) is 11.7 Å². The summed E-state index contributed by atoms with van der Waals surface area (Å²) in [5, 5.41) is 13.1. The van der Waals surface area contributed by atoms with Gasteiger partial charge in [0.2, 0.25) is 5.89 Å². The van der Waals surface area contributed by atoms with E-state index in [4.69, 9.17) is 4.74 Å². The van der Waals surface area contributed by atoms with Crippen LogP contribution in [0, 0.1) is 0 Å². The van der Waals surface area contributed by atoms with Gasteiger partial charge in [-0.15, -0.1) is 0 Å². The first-order chi connectivity index (χ1) is 10.4. The molecule has 1 N–H and O–H groups in total. The Morgan fingerprint density at radius 3 is 2.64 bits per heavy atom. The first kappa shape index (κ1) is 15.7. The van der Waals surface area contributed by atoms with Crippen molar-refractivity contribution in [3.8, 4) is 0 Å². The average Bonchev–Trinajstić information content (AvgIpc) is 2.93. The molecule has 1 atom stereocenters. The topological polar surface area (TPSA) is 71.6 Å². The third kappa shape index (κ3) is 3.11. The molecule has 1 aromatic rings. The van der Waals surface area contributed by atoms with Gasteiger partial charge in [-0.3, -0.25) is 4.90 Å². The van der Waals surface area contributed by atoms with Crippen LogP contribution in [-0.2, 0) is 17.5 Å². The van der Waals surface area contributed by atoms with Crippen molar-refractivity contribution in [1.82, 2.24) is 15.0 Å². The van der Waals surface area contributed by atoms with E-state index >= 15 is 0 Å². The average molecular weight is 321 g/mol. The summed E-state index contributed by atoms with van der Waals surface area (Å²) >= 11 is 0. The number of likely N-dealkylation sites (tertiary alicyclic amines) is 1. The van der Waals surface area contributed by atoms with E-state index in [0.29, 0.717) is 32.5 Å². The van der Waals surface area contributed by atoms with Gasteiger partial charge in [-0.25, -0.2) is 0 Å². The number of aromatic nitrogens is 2. The number of halogens is 3. The van der Waals surface area contributed by atoms with Crippen LogP contribution in [0.25, 0.3) is 0 Å². The fraction of sp³-hybridized carbons (Fsp3) is 0.846. The molecule has 0 amide bonds. The minimum absolute atomic E-state index is 0.0478. The van der Waals surface area contributed by atoms with Crippen LogP contribution in [0.5, 0.6) is 0 Å². The maximum absolute atomic E-state index is 12.4. The van der Waals surface area contributed by atoms with Crippen LogP contribution in [-0.4, -0.2) is 51.5 Å². The van der Waals surface area contributed by atoms with Gasteiger partial charge in [-0.1, -0.05) is 5.16 Å². The van der Waals surface area contributed by atoms with E-state index in [2.05, 4.69) is 14.7 Å². The minimum atomic E-state index is -4.59. The molecule has 2 saturated heterocycles. The summed E-state index contributed by atoms with van der Waals surface area (Å²) < 4.78 is 47.7. The minimum Gasteiger partial charge on any atom is -0.390 e. The van der Waals surface area contributed by atoms with E-state index in [9.17, 15) is 18.3 Å². The Labute approximate surface area is 125 Å². The molecule has 124 valence electrons. The Hall–Kier alpha value is -1.19. The van der Waals surface area contributed by atoms with Crippen LogP contribution < -0.4 is 0 Å². The van der Waals surface area contributed by atoms with Gasteiger partial charge in [0.25, 0.3) is 5.82 Å². The first-order valence-corrected chi connectivity index (χ1v) is 7.33. The van der Waals surface area contributed by atoms with Gasteiger partial charge in [0, 0.05) is 19.7 Å². The molecule has 2 fully saturated rings. The lowest BCUT2D eigenvalue weighted by Crippen LogP contribution is -2.55. The van der Waals surface area contributed by atoms with Crippen molar-refractivity contribution >= 4 is 0 Å². The summed E-state index contributed by atoms with van der Waals surface area (Å²) in [6, 6.07) is 0. The fourth-order valence-electron chi connectivity index (χ4n) is 3.10. The number of nitrogens with zero attached hydrogens (tertiary/aromatic N) is 3. The Morgan fingerprint density at radius 2 is 2.05 bits per heavy atom. The quantitative estimate of drug-likeness (QED) is 0.892. The predicted octanol–water partition coefficient (Wildman–Crippen LogP) is 1.59. The molecule has 1 spiro atoms. The van der Waals surface area contributed by atoms with Crippen molar-refractivity contribution in [2.75, 3.05) is 19.7 Å². The van der Waals surface area contributed by atoms with E-state index in [-0.39, 0.29) is 12.4 Å². The predicted molar refractivity (Wildman–Crippen MR) is 67.7 cm³/mol. The number of aliphatic hydroxyl groups excluding tert-OH is 1. The van der Waals surface area contributed by atoms with Crippen LogP contribution in [0.3, 0.4) is 0 Å². The number of ether oxygens (including phenoxy) is 1. The largest absolute Gasteiger partial charge is 0.455 e. The Bertz CT molecular complexity index is 512. The molecule has 1 aromatic heterocycles. The Morgan fingerprint density at radius 1 is 1.32 bits per heavy atom. The zero-order valence-electron chi connectivity index (χ0n) is 12.0. The zero-order valence-corrected chi connectivity index (χ0v) is 12.0. The molecule has 0 aliphatic carbocycles. The van der Waals surface area contributed by atoms with Gasteiger partial charge in [0.15, 0.2) is 0 Å². The van der Waals surface area contributed by atoms with Gasteiger partial charge in [-0.2, -0.15) is 18.2 Å². The van der Waals surface area contributed by atoms with E-state index < -0.39 is 23.7 Å². The summed E-state index contributed by atoms with van der Waals surface area (Å²) in [6.45, 7) is 2.05. The summed E-state index contributed by atoms with van der Waals surface area (Å²) in [7, 11) is 0. The number of aliphatic hydroxyl groups is 1. The second-order valence-corrected chi connectivity index (χ2v) is 5.86. The van der Waals surface area contributed by atoms with E-state index in [0.717, 1.165) is 12.8 Å². The highest BCUT2D eigenvalue weighted by Gasteiger charge is 2.44. The molecule has 2 aliphatic heterocycles. The lowest BCUT2D eigenvalue weighted by Gasteiger charge is -2.46. The van der Waals surface area contributed by atoms with Crippen molar-refractivity contribution in [3.63, 3.8) is 0 Å². The molecule has 6 nitrogen and oxygen atoms in total. The number of alkyl halides is 3. The molecule has 3 heterocycles. The number of hydrogen-bond donors (Lipinski definition) is 1. The fourth-order valence-corrected chi connectivity index (χ4v) is 3.10. The molecule has 22 heavy (non-hydrogen) atoms. The van der Waals surface area contributed by atoms with Crippen molar-refractivity contribution in [2.24, 2.45) is 0 Å². The summed E-state index contributed by atoms with van der Waals surface area (Å²) in [5.74, 6) is -1.30. The Balaban J connectivity index is 1.57. The van der Waals surface area contributed by atoms with Gasteiger partial charge < -0.3 is 14.4 Å². The van der Waals surface area contributed by atoms with Crippen molar-refractivity contribution < 1.29 is 27.5 Å². The Kier molecular flexibility index (Phi) is 4.13. The number of rotatable bonds is 2. The van der Waals surface area contributed by atoms with Crippen LogP contribution in [0.4, 0.5) is 13.2 Å². The number of piperidine rings is 1. The highest BCUT2D eigenvalue weighted by molar-refractivity contribution is 4.97. The maximum Gasteiger partial charge on any atom is 0.455 e. The third-order valence-electron chi connectivity index (χ3n) is 4.40.